The average Bonchev–Trinajstić information content (AvgIpc) is 2.72. The van der Waals surface area contributed by atoms with Crippen molar-refractivity contribution in [2.24, 2.45) is 0 Å². The van der Waals surface area contributed by atoms with Crippen LogP contribution in [0.2, 0.25) is 0 Å². The molecule has 2 rings (SSSR count). The summed E-state index contributed by atoms with van der Waals surface area (Å²) in [7, 11) is -3.18. The molecule has 1 saturated heterocycles. The molecule has 6 heteroatoms. The minimum Gasteiger partial charge on any atom is -0.377 e. The van der Waals surface area contributed by atoms with Crippen molar-refractivity contribution in [3.63, 3.8) is 0 Å². The highest BCUT2D eigenvalue weighted by molar-refractivity contribution is 9.09. The van der Waals surface area contributed by atoms with Gasteiger partial charge >= 0.3 is 0 Å². The Kier molecular flexibility index (Phi) is 3.40. The molecule has 1 aliphatic carbocycles. The van der Waals surface area contributed by atoms with Crippen LogP contribution in [0.15, 0.2) is 0 Å². The van der Waals surface area contributed by atoms with Crippen LogP contribution in [-0.2, 0) is 14.8 Å². The standard InChI is InChI=1S/C9H16BrNO3S/c10-7-9(3-4-9)11-15(12,13)6-8-2-1-5-14-8/h8,11H,1-7H2. The highest BCUT2D eigenvalue weighted by Gasteiger charge is 2.45. The maximum absolute atomic E-state index is 11.8. The minimum absolute atomic E-state index is 0.103. The largest absolute Gasteiger partial charge is 0.377 e. The second-order valence-corrected chi connectivity index (χ2v) is 6.76. The summed E-state index contributed by atoms with van der Waals surface area (Å²) in [5, 5.41) is 0.699. The van der Waals surface area contributed by atoms with Gasteiger partial charge in [0.15, 0.2) is 0 Å². The van der Waals surface area contributed by atoms with Crippen LogP contribution in [0, 0.1) is 0 Å². The molecule has 1 saturated carbocycles. The first-order valence-electron chi connectivity index (χ1n) is 5.24. The second-order valence-electron chi connectivity index (χ2n) is 4.43. The molecular formula is C9H16BrNO3S. The van der Waals surface area contributed by atoms with Gasteiger partial charge in [0.1, 0.15) is 0 Å². The molecule has 1 unspecified atom stereocenters. The molecule has 0 radical (unpaired) electrons. The van der Waals surface area contributed by atoms with Crippen LogP contribution in [0.5, 0.6) is 0 Å². The summed E-state index contributed by atoms with van der Waals surface area (Å²) in [5.41, 5.74) is -0.197. The van der Waals surface area contributed by atoms with Crippen LogP contribution in [0.3, 0.4) is 0 Å². The van der Waals surface area contributed by atoms with Gasteiger partial charge in [0.25, 0.3) is 0 Å². The molecular weight excluding hydrogens is 282 g/mol. The van der Waals surface area contributed by atoms with Crippen molar-refractivity contribution in [3.05, 3.63) is 0 Å². The van der Waals surface area contributed by atoms with Gasteiger partial charge < -0.3 is 4.74 Å². The van der Waals surface area contributed by atoms with Crippen LogP contribution in [-0.4, -0.2) is 37.8 Å². The zero-order chi connectivity index (χ0) is 10.9. The zero-order valence-corrected chi connectivity index (χ0v) is 10.9. The van der Waals surface area contributed by atoms with E-state index in [2.05, 4.69) is 20.7 Å². The minimum atomic E-state index is -3.18. The van der Waals surface area contributed by atoms with E-state index in [9.17, 15) is 8.42 Å². The SMILES string of the molecule is O=S(=O)(CC1CCCO1)NC1(CBr)CC1. The number of sulfonamides is 1. The smallest absolute Gasteiger partial charge is 0.214 e. The fraction of sp³-hybridized carbons (Fsp3) is 1.00. The molecule has 1 aliphatic heterocycles. The molecule has 2 aliphatic rings. The van der Waals surface area contributed by atoms with Gasteiger partial charge in [0.2, 0.25) is 10.0 Å². The summed E-state index contributed by atoms with van der Waals surface area (Å²) in [4.78, 5) is 0. The average molecular weight is 298 g/mol. The van der Waals surface area contributed by atoms with E-state index < -0.39 is 10.0 Å². The molecule has 4 nitrogen and oxygen atoms in total. The molecule has 0 aromatic rings. The van der Waals surface area contributed by atoms with Crippen molar-refractivity contribution >= 4 is 26.0 Å². The maximum Gasteiger partial charge on any atom is 0.214 e. The van der Waals surface area contributed by atoms with Crippen molar-refractivity contribution in [2.75, 3.05) is 17.7 Å². The van der Waals surface area contributed by atoms with E-state index in [4.69, 9.17) is 4.74 Å². The third-order valence-electron chi connectivity index (χ3n) is 2.91. The highest BCUT2D eigenvalue weighted by Crippen LogP contribution is 2.37. The molecule has 0 spiro atoms. The molecule has 88 valence electrons. The number of rotatable bonds is 5. The van der Waals surface area contributed by atoms with Crippen LogP contribution in [0.4, 0.5) is 0 Å². The Morgan fingerprint density at radius 3 is 2.67 bits per heavy atom. The van der Waals surface area contributed by atoms with E-state index in [0.717, 1.165) is 25.7 Å². The van der Waals surface area contributed by atoms with Crippen molar-refractivity contribution in [1.29, 1.82) is 0 Å². The number of ether oxygens (including phenoxy) is 1. The molecule has 15 heavy (non-hydrogen) atoms. The lowest BCUT2D eigenvalue weighted by Crippen LogP contribution is -2.41. The van der Waals surface area contributed by atoms with Crippen molar-refractivity contribution in [2.45, 2.75) is 37.3 Å². The predicted molar refractivity (Wildman–Crippen MR) is 61.7 cm³/mol. The number of hydrogen-bond donors (Lipinski definition) is 1. The van der Waals surface area contributed by atoms with Crippen LogP contribution in [0.1, 0.15) is 25.7 Å². The van der Waals surface area contributed by atoms with E-state index >= 15 is 0 Å². The van der Waals surface area contributed by atoms with Gasteiger partial charge in [-0.1, -0.05) is 15.9 Å². The Bertz CT molecular complexity index is 320. The van der Waals surface area contributed by atoms with Gasteiger partial charge in [0, 0.05) is 17.5 Å². The van der Waals surface area contributed by atoms with Gasteiger partial charge in [-0.3, -0.25) is 0 Å². The van der Waals surface area contributed by atoms with Gasteiger partial charge in [-0.2, -0.15) is 0 Å². The molecule has 1 N–H and O–H groups in total. The van der Waals surface area contributed by atoms with Crippen LogP contribution < -0.4 is 4.72 Å². The van der Waals surface area contributed by atoms with E-state index in [1.165, 1.54) is 0 Å². The van der Waals surface area contributed by atoms with Gasteiger partial charge in [-0.15, -0.1) is 0 Å². The maximum atomic E-state index is 11.8. The van der Waals surface area contributed by atoms with Crippen molar-refractivity contribution in [1.82, 2.24) is 4.72 Å². The van der Waals surface area contributed by atoms with Gasteiger partial charge in [-0.25, -0.2) is 13.1 Å². The summed E-state index contributed by atoms with van der Waals surface area (Å²) in [6.07, 6.45) is 3.60. The molecule has 0 amide bonds. The quantitative estimate of drug-likeness (QED) is 0.771. The summed E-state index contributed by atoms with van der Waals surface area (Å²) in [6.45, 7) is 0.698. The molecule has 0 aromatic carbocycles. The number of hydrogen-bond acceptors (Lipinski definition) is 3. The first kappa shape index (κ1) is 11.8. The molecule has 2 fully saturated rings. The molecule has 0 aromatic heterocycles. The highest BCUT2D eigenvalue weighted by atomic mass is 79.9. The normalized spacial score (nSPS) is 29.3. The Balaban J connectivity index is 1.89. The lowest BCUT2D eigenvalue weighted by molar-refractivity contribution is 0.127. The number of alkyl halides is 1. The van der Waals surface area contributed by atoms with E-state index in [-0.39, 0.29) is 17.4 Å². The van der Waals surface area contributed by atoms with E-state index in [1.54, 1.807) is 0 Å². The van der Waals surface area contributed by atoms with Crippen molar-refractivity contribution in [3.8, 4) is 0 Å². The summed E-state index contributed by atoms with van der Waals surface area (Å²) >= 11 is 3.34. The molecule has 1 heterocycles. The van der Waals surface area contributed by atoms with Crippen LogP contribution in [0.25, 0.3) is 0 Å². The second kappa shape index (κ2) is 4.31. The lowest BCUT2D eigenvalue weighted by atomic mass is 10.3. The summed E-state index contributed by atoms with van der Waals surface area (Å²) in [5.74, 6) is 0.113. The lowest BCUT2D eigenvalue weighted by Gasteiger charge is -2.16. The number of halogens is 1. The third kappa shape index (κ3) is 3.15. The monoisotopic (exact) mass is 297 g/mol. The molecule has 0 bridgehead atoms. The van der Waals surface area contributed by atoms with Gasteiger partial charge in [0.05, 0.1) is 11.9 Å². The number of nitrogens with one attached hydrogen (secondary N) is 1. The van der Waals surface area contributed by atoms with Gasteiger partial charge in [-0.05, 0) is 25.7 Å². The Hall–Kier alpha value is 0.350. The molecule has 1 atom stereocenters. The Morgan fingerprint density at radius 1 is 1.47 bits per heavy atom. The van der Waals surface area contributed by atoms with Crippen LogP contribution >= 0.6 is 15.9 Å². The van der Waals surface area contributed by atoms with Crippen molar-refractivity contribution < 1.29 is 13.2 Å². The Morgan fingerprint density at radius 2 is 2.20 bits per heavy atom. The van der Waals surface area contributed by atoms with E-state index in [0.29, 0.717) is 11.9 Å². The third-order valence-corrected chi connectivity index (χ3v) is 5.54. The zero-order valence-electron chi connectivity index (χ0n) is 8.54. The predicted octanol–water partition coefficient (Wildman–Crippen LogP) is 1.01. The summed E-state index contributed by atoms with van der Waals surface area (Å²) in [6, 6.07) is 0. The van der Waals surface area contributed by atoms with E-state index in [1.807, 2.05) is 0 Å². The first-order valence-corrected chi connectivity index (χ1v) is 8.02. The first-order chi connectivity index (χ1) is 7.05. The summed E-state index contributed by atoms with van der Waals surface area (Å²) < 4.78 is 31.7. The Labute approximate surface area is 98.9 Å². The topological polar surface area (TPSA) is 55.4 Å². The fourth-order valence-corrected chi connectivity index (χ4v) is 4.46. The fourth-order valence-electron chi connectivity index (χ4n) is 1.81.